The molecule has 0 aliphatic heterocycles. The fourth-order valence-electron chi connectivity index (χ4n) is 3.36. The zero-order valence-electron chi connectivity index (χ0n) is 16.3. The lowest BCUT2D eigenvalue weighted by Crippen LogP contribution is -2.36. The van der Waals surface area contributed by atoms with Crippen LogP contribution in [0.15, 0.2) is 24.3 Å². The maximum Gasteiger partial charge on any atom is 0.416 e. The molecule has 0 unspecified atom stereocenters. The predicted octanol–water partition coefficient (Wildman–Crippen LogP) is 3.52. The molecule has 2 amide bonds. The average Bonchev–Trinajstić information content (AvgIpc) is 2.64. The van der Waals surface area contributed by atoms with E-state index in [4.69, 9.17) is 0 Å². The highest BCUT2D eigenvalue weighted by molar-refractivity contribution is 5.92. The van der Waals surface area contributed by atoms with Gasteiger partial charge in [-0.25, -0.2) is 0 Å². The van der Waals surface area contributed by atoms with Crippen molar-refractivity contribution in [3.8, 4) is 0 Å². The van der Waals surface area contributed by atoms with Crippen LogP contribution < -0.4 is 10.6 Å². The molecule has 1 aliphatic rings. The maximum atomic E-state index is 12.6. The molecule has 0 saturated heterocycles. The van der Waals surface area contributed by atoms with Gasteiger partial charge in [-0.1, -0.05) is 0 Å². The lowest BCUT2D eigenvalue weighted by molar-refractivity contribution is -0.137. The molecule has 0 heterocycles. The van der Waals surface area contributed by atoms with Crippen molar-refractivity contribution in [3.63, 3.8) is 0 Å². The number of carbonyl (C=O) groups is 2. The fraction of sp³-hybridized carbons (Fsp3) is 0.600. The van der Waals surface area contributed by atoms with Crippen LogP contribution in [0.25, 0.3) is 0 Å². The summed E-state index contributed by atoms with van der Waals surface area (Å²) in [6.45, 7) is 1.56. The zero-order valence-corrected chi connectivity index (χ0v) is 16.3. The van der Waals surface area contributed by atoms with E-state index >= 15 is 0 Å². The summed E-state index contributed by atoms with van der Waals surface area (Å²) < 4.78 is 37.8. The van der Waals surface area contributed by atoms with Crippen LogP contribution in [-0.2, 0) is 15.8 Å². The van der Waals surface area contributed by atoms with Crippen LogP contribution in [0.4, 0.5) is 18.9 Å². The topological polar surface area (TPSA) is 61.4 Å². The number of nitrogens with zero attached hydrogens (tertiary/aromatic N) is 1. The first-order valence-electron chi connectivity index (χ1n) is 9.57. The normalized spacial score (nSPS) is 20.1. The van der Waals surface area contributed by atoms with Gasteiger partial charge >= 0.3 is 6.18 Å². The smallest absolute Gasteiger partial charge is 0.356 e. The highest BCUT2D eigenvalue weighted by Gasteiger charge is 2.31. The molecule has 8 heteroatoms. The molecule has 2 rings (SSSR count). The van der Waals surface area contributed by atoms with Crippen LogP contribution in [0.5, 0.6) is 0 Å². The summed E-state index contributed by atoms with van der Waals surface area (Å²) in [5, 5.41) is 5.63. The number of halogens is 3. The lowest BCUT2D eigenvalue weighted by Gasteiger charge is -2.27. The van der Waals surface area contributed by atoms with Crippen molar-refractivity contribution >= 4 is 17.5 Å². The van der Waals surface area contributed by atoms with E-state index in [1.165, 1.54) is 12.1 Å². The third-order valence-electron chi connectivity index (χ3n) is 5.03. The van der Waals surface area contributed by atoms with Crippen LogP contribution in [0.1, 0.15) is 37.7 Å². The third-order valence-corrected chi connectivity index (χ3v) is 5.03. The molecule has 1 aromatic carbocycles. The Hall–Kier alpha value is -2.09. The van der Waals surface area contributed by atoms with Gasteiger partial charge in [0.1, 0.15) is 0 Å². The highest BCUT2D eigenvalue weighted by Crippen LogP contribution is 2.31. The van der Waals surface area contributed by atoms with E-state index in [0.29, 0.717) is 37.9 Å². The van der Waals surface area contributed by atoms with Crippen LogP contribution in [0, 0.1) is 11.8 Å². The minimum absolute atomic E-state index is 0.0420. The van der Waals surface area contributed by atoms with Crippen molar-refractivity contribution in [2.24, 2.45) is 11.8 Å². The third kappa shape index (κ3) is 6.82. The van der Waals surface area contributed by atoms with Gasteiger partial charge in [-0.05, 0) is 77.0 Å². The Labute approximate surface area is 163 Å². The largest absolute Gasteiger partial charge is 0.416 e. The SMILES string of the molecule is CN(C)CCCNC(=O)C1CCC(C(=O)Nc2ccc(C(F)(F)F)cc2)CC1. The van der Waals surface area contributed by atoms with Crippen LogP contribution in [-0.4, -0.2) is 43.9 Å². The van der Waals surface area contributed by atoms with E-state index in [1.807, 2.05) is 14.1 Å². The quantitative estimate of drug-likeness (QED) is 0.690. The van der Waals surface area contributed by atoms with E-state index in [-0.39, 0.29) is 23.7 Å². The first-order chi connectivity index (χ1) is 13.2. The number of carbonyl (C=O) groups excluding carboxylic acids is 2. The number of benzene rings is 1. The lowest BCUT2D eigenvalue weighted by atomic mass is 9.81. The van der Waals surface area contributed by atoms with E-state index < -0.39 is 11.7 Å². The van der Waals surface area contributed by atoms with E-state index in [1.54, 1.807) is 0 Å². The second-order valence-corrected chi connectivity index (χ2v) is 7.56. The first kappa shape index (κ1) is 22.2. The van der Waals surface area contributed by atoms with Gasteiger partial charge in [0, 0.05) is 24.1 Å². The van der Waals surface area contributed by atoms with Crippen molar-refractivity contribution < 1.29 is 22.8 Å². The Balaban J connectivity index is 1.75. The van der Waals surface area contributed by atoms with Crippen molar-refractivity contribution in [1.29, 1.82) is 0 Å². The van der Waals surface area contributed by atoms with Gasteiger partial charge in [0.05, 0.1) is 5.56 Å². The van der Waals surface area contributed by atoms with Crippen LogP contribution in [0.3, 0.4) is 0 Å². The molecular formula is C20H28F3N3O2. The van der Waals surface area contributed by atoms with E-state index in [2.05, 4.69) is 15.5 Å². The summed E-state index contributed by atoms with van der Waals surface area (Å²) in [5.41, 5.74) is -0.402. The van der Waals surface area contributed by atoms with Gasteiger partial charge in [-0.3, -0.25) is 9.59 Å². The number of amides is 2. The number of alkyl halides is 3. The molecule has 28 heavy (non-hydrogen) atoms. The van der Waals surface area contributed by atoms with Gasteiger partial charge in [0.15, 0.2) is 0 Å². The molecule has 0 spiro atoms. The summed E-state index contributed by atoms with van der Waals surface area (Å²) >= 11 is 0. The van der Waals surface area contributed by atoms with E-state index in [9.17, 15) is 22.8 Å². The Kier molecular flexibility index (Phi) is 7.86. The van der Waals surface area contributed by atoms with E-state index in [0.717, 1.165) is 25.1 Å². The highest BCUT2D eigenvalue weighted by atomic mass is 19.4. The second-order valence-electron chi connectivity index (χ2n) is 7.56. The van der Waals surface area contributed by atoms with Gasteiger partial charge in [-0.15, -0.1) is 0 Å². The van der Waals surface area contributed by atoms with Gasteiger partial charge in [-0.2, -0.15) is 13.2 Å². The summed E-state index contributed by atoms with van der Waals surface area (Å²) in [5.74, 6) is -0.459. The summed E-state index contributed by atoms with van der Waals surface area (Å²) in [4.78, 5) is 26.6. The summed E-state index contributed by atoms with van der Waals surface area (Å²) in [6.07, 6.45) is -1.02. The van der Waals surface area contributed by atoms with Crippen molar-refractivity contribution in [3.05, 3.63) is 29.8 Å². The standard InChI is InChI=1S/C20H28F3N3O2/c1-26(2)13-3-12-24-18(27)14-4-6-15(7-5-14)19(28)25-17-10-8-16(9-11-17)20(21,22)23/h8-11,14-15H,3-7,12-13H2,1-2H3,(H,24,27)(H,25,28). The second kappa shape index (κ2) is 9.91. The van der Waals surface area contributed by atoms with Gasteiger partial charge in [0.25, 0.3) is 0 Å². The van der Waals surface area contributed by atoms with Crippen molar-refractivity contribution in [1.82, 2.24) is 10.2 Å². The number of hydrogen-bond acceptors (Lipinski definition) is 3. The molecule has 1 fully saturated rings. The molecule has 0 radical (unpaired) electrons. The summed E-state index contributed by atoms with van der Waals surface area (Å²) in [7, 11) is 3.97. The Morgan fingerprint density at radius 2 is 1.54 bits per heavy atom. The molecule has 1 aromatic rings. The minimum Gasteiger partial charge on any atom is -0.356 e. The monoisotopic (exact) mass is 399 g/mol. The molecule has 0 bridgehead atoms. The van der Waals surface area contributed by atoms with Crippen molar-refractivity contribution in [2.75, 3.05) is 32.5 Å². The fourth-order valence-corrected chi connectivity index (χ4v) is 3.36. The number of rotatable bonds is 7. The Bertz CT molecular complexity index is 652. The molecule has 0 atom stereocenters. The number of hydrogen-bond donors (Lipinski definition) is 2. The molecule has 1 saturated carbocycles. The van der Waals surface area contributed by atoms with Crippen LogP contribution >= 0.6 is 0 Å². The molecule has 1 aliphatic carbocycles. The number of nitrogens with one attached hydrogen (secondary N) is 2. The summed E-state index contributed by atoms with van der Waals surface area (Å²) in [6, 6.07) is 4.42. The zero-order chi connectivity index (χ0) is 20.7. The minimum atomic E-state index is -4.39. The number of anilines is 1. The maximum absolute atomic E-state index is 12.6. The molecule has 156 valence electrons. The average molecular weight is 399 g/mol. The van der Waals surface area contributed by atoms with Crippen molar-refractivity contribution in [2.45, 2.75) is 38.3 Å². The Morgan fingerprint density at radius 3 is 2.04 bits per heavy atom. The molecular weight excluding hydrogens is 371 g/mol. The first-order valence-corrected chi connectivity index (χ1v) is 9.57. The Morgan fingerprint density at radius 1 is 1.00 bits per heavy atom. The predicted molar refractivity (Wildman–Crippen MR) is 102 cm³/mol. The molecule has 0 aromatic heterocycles. The molecule has 5 nitrogen and oxygen atoms in total. The van der Waals surface area contributed by atoms with Gasteiger partial charge in [0.2, 0.25) is 11.8 Å². The molecule has 2 N–H and O–H groups in total. The van der Waals surface area contributed by atoms with Gasteiger partial charge < -0.3 is 15.5 Å². The van der Waals surface area contributed by atoms with Crippen LogP contribution in [0.2, 0.25) is 0 Å².